The molecule has 21 N–H and O–H groups in total. The van der Waals surface area contributed by atoms with Crippen molar-refractivity contribution in [3.8, 4) is 0 Å². The molecule has 0 aliphatic rings. The maximum atomic E-state index is 14.6. The molecular weight excluding hydrogens is 1030 g/mol. The van der Waals surface area contributed by atoms with Crippen molar-refractivity contribution < 1.29 is 38.4 Å². The molecule has 428 valence electrons. The number of carbonyl (C=O) groups is 8. The molecule has 0 bridgehead atoms. The number of nitrogens with zero attached hydrogens (tertiary/aromatic N) is 3. The Hall–Kier alpha value is -9.33. The predicted molar refractivity (Wildman–Crippen MR) is 301 cm³/mol. The Balaban J connectivity index is 1.38. The number of amides is 8. The number of imidazole rings is 1. The second kappa shape index (κ2) is 31.2. The first-order chi connectivity index (χ1) is 38.3. The fourth-order valence-electron chi connectivity index (χ4n) is 8.57. The first-order valence-corrected chi connectivity index (χ1v) is 26.1. The summed E-state index contributed by atoms with van der Waals surface area (Å²) in [6.45, 7) is 2.86. The Morgan fingerprint density at radius 1 is 0.550 bits per heavy atom. The van der Waals surface area contributed by atoms with Crippen LogP contribution in [0.15, 0.2) is 114 Å². The molecule has 5 rings (SSSR count). The molecule has 0 saturated carbocycles. The van der Waals surface area contributed by atoms with Crippen molar-refractivity contribution in [2.75, 3.05) is 19.6 Å². The van der Waals surface area contributed by atoms with Gasteiger partial charge in [-0.25, -0.2) is 4.98 Å². The van der Waals surface area contributed by atoms with Crippen LogP contribution in [0.1, 0.15) is 61.9 Å². The number of H-pyrrole nitrogens is 2. The maximum absolute atomic E-state index is 14.6. The van der Waals surface area contributed by atoms with Gasteiger partial charge in [0.15, 0.2) is 11.9 Å². The molecule has 0 radical (unpaired) electrons. The molecule has 0 aliphatic heterocycles. The van der Waals surface area contributed by atoms with Crippen molar-refractivity contribution in [2.45, 2.75) is 108 Å². The van der Waals surface area contributed by atoms with Crippen LogP contribution in [-0.2, 0) is 64.0 Å². The SMILES string of the molecule is CC(C)[C@H](NC(=O)[C@H](Cc1ccccc1)NC(=O)[C@H](CCCN=C(N)N)NC(=O)CNC(=O)[C@H](Cc1c[nH]c2ccccc12)NC(=O)[C@H](CCCN=C(N)N)NC(=O)[C@H](Cc1ccccc1)NC(=O)[C@@H](N)Cc1cnc[nH]1)C(N)=O. The quantitative estimate of drug-likeness (QED) is 0.0123. The molecule has 80 heavy (non-hydrogen) atoms. The largest absolute Gasteiger partial charge is 0.370 e. The molecule has 8 amide bonds. The topological polar surface area (TPSA) is 446 Å². The van der Waals surface area contributed by atoms with Gasteiger partial charge in [0.2, 0.25) is 47.3 Å². The monoisotopic (exact) mass is 1100 g/mol. The van der Waals surface area contributed by atoms with Crippen LogP contribution in [-0.4, -0.2) is 136 Å². The number of aromatic amines is 2. The molecule has 2 aromatic heterocycles. The third-order valence-corrected chi connectivity index (χ3v) is 12.8. The summed E-state index contributed by atoms with van der Waals surface area (Å²) in [5.41, 5.74) is 37.4. The van der Waals surface area contributed by atoms with Crippen molar-refractivity contribution in [2.24, 2.45) is 50.3 Å². The first kappa shape index (κ1) is 61.5. The van der Waals surface area contributed by atoms with E-state index in [2.05, 4.69) is 62.2 Å². The Morgan fingerprint density at radius 2 is 1.04 bits per heavy atom. The van der Waals surface area contributed by atoms with Crippen LogP contribution in [0.4, 0.5) is 0 Å². The Kier molecular flexibility index (Phi) is 24.0. The number of aromatic nitrogens is 3. The van der Waals surface area contributed by atoms with Gasteiger partial charge in [-0.05, 0) is 54.4 Å². The van der Waals surface area contributed by atoms with Gasteiger partial charge in [-0.3, -0.25) is 48.3 Å². The molecule has 3 aromatic carbocycles. The minimum atomic E-state index is -1.38. The molecule has 7 atom stereocenters. The Labute approximate surface area is 462 Å². The van der Waals surface area contributed by atoms with Crippen LogP contribution in [0.2, 0.25) is 0 Å². The number of hydrogen-bond acceptors (Lipinski definition) is 12. The minimum absolute atomic E-state index is 0.00386. The molecule has 0 unspecified atom stereocenters. The van der Waals surface area contributed by atoms with Crippen molar-refractivity contribution in [3.05, 3.63) is 126 Å². The van der Waals surface area contributed by atoms with Crippen LogP contribution in [0.25, 0.3) is 10.9 Å². The van der Waals surface area contributed by atoms with Crippen LogP contribution in [0.5, 0.6) is 0 Å². The van der Waals surface area contributed by atoms with E-state index in [9.17, 15) is 38.4 Å². The molecule has 5 aromatic rings. The molecule has 2 heterocycles. The van der Waals surface area contributed by atoms with E-state index in [1.54, 1.807) is 86.8 Å². The second-order valence-electron chi connectivity index (χ2n) is 19.4. The Bertz CT molecular complexity index is 2910. The first-order valence-electron chi connectivity index (χ1n) is 26.1. The summed E-state index contributed by atoms with van der Waals surface area (Å²) in [5.74, 6) is -6.81. The average molecular weight is 1100 g/mol. The summed E-state index contributed by atoms with van der Waals surface area (Å²) < 4.78 is 0. The predicted octanol–water partition coefficient (Wildman–Crippen LogP) is -2.24. The van der Waals surface area contributed by atoms with E-state index in [1.807, 2.05) is 18.2 Å². The van der Waals surface area contributed by atoms with Gasteiger partial charge in [-0.15, -0.1) is 0 Å². The van der Waals surface area contributed by atoms with E-state index in [1.165, 1.54) is 12.5 Å². The number of para-hydroxylation sites is 1. The number of fused-ring (bicyclic) bond motifs is 1. The van der Waals surface area contributed by atoms with Crippen molar-refractivity contribution in [3.63, 3.8) is 0 Å². The maximum Gasteiger partial charge on any atom is 0.243 e. The number of carbonyl (C=O) groups excluding carboxylic acids is 8. The number of hydrogen-bond donors (Lipinski definition) is 15. The van der Waals surface area contributed by atoms with Crippen LogP contribution in [0, 0.1) is 5.92 Å². The van der Waals surface area contributed by atoms with Gasteiger partial charge < -0.3 is 81.6 Å². The van der Waals surface area contributed by atoms with Gasteiger partial charge >= 0.3 is 0 Å². The molecule has 0 saturated heterocycles. The highest BCUT2D eigenvalue weighted by atomic mass is 16.2. The molecule has 0 aliphatic carbocycles. The second-order valence-corrected chi connectivity index (χ2v) is 19.4. The van der Waals surface area contributed by atoms with E-state index < -0.39 is 96.1 Å². The normalized spacial score (nSPS) is 13.7. The summed E-state index contributed by atoms with van der Waals surface area (Å²) in [6.07, 6.45) is 4.98. The summed E-state index contributed by atoms with van der Waals surface area (Å²) >= 11 is 0. The molecule has 26 heteroatoms. The van der Waals surface area contributed by atoms with Gasteiger partial charge in [-0.1, -0.05) is 92.7 Å². The highest BCUT2D eigenvalue weighted by Crippen LogP contribution is 2.20. The lowest BCUT2D eigenvalue weighted by atomic mass is 10.0. The molecule has 0 spiro atoms. The Morgan fingerprint density at radius 3 is 1.56 bits per heavy atom. The fourth-order valence-corrected chi connectivity index (χ4v) is 8.57. The van der Waals surface area contributed by atoms with Gasteiger partial charge in [0.05, 0.1) is 18.9 Å². The summed E-state index contributed by atoms with van der Waals surface area (Å²) in [4.78, 5) is 129. The zero-order valence-electron chi connectivity index (χ0n) is 44.8. The zero-order chi connectivity index (χ0) is 58.1. The van der Waals surface area contributed by atoms with E-state index in [0.717, 1.165) is 10.9 Å². The lowest BCUT2D eigenvalue weighted by Crippen LogP contribution is -2.59. The number of primary amides is 1. The van der Waals surface area contributed by atoms with Gasteiger partial charge in [0, 0.05) is 67.8 Å². The third-order valence-electron chi connectivity index (χ3n) is 12.8. The van der Waals surface area contributed by atoms with Crippen LogP contribution in [0.3, 0.4) is 0 Å². The molecular formula is C54H74N18O8. The summed E-state index contributed by atoms with van der Waals surface area (Å²) in [6, 6.07) is 16.4. The fraction of sp³-hybridized carbons (Fsp3) is 0.389. The van der Waals surface area contributed by atoms with Crippen molar-refractivity contribution in [1.29, 1.82) is 0 Å². The number of aliphatic imine (C=N–C) groups is 2. The number of rotatable bonds is 32. The third kappa shape index (κ3) is 20.2. The number of guanidine groups is 2. The lowest BCUT2D eigenvalue weighted by Gasteiger charge is -2.26. The molecule has 0 fully saturated rings. The van der Waals surface area contributed by atoms with Crippen LogP contribution >= 0.6 is 0 Å². The standard InChI is InChI=1S/C54H74N18O8/c1-31(2)45(46(56)74)72-52(80)42(24-33-15-7-4-8-16-33)70-49(77)39(19-11-21-62-53(57)58)67-44(73)29-65-48(76)43(25-34-27-64-38-18-10-9-17-36(34)38)71-50(78)40(20-12-22-63-54(59)60)68-51(79)41(23-32-13-5-3-6-14-32)69-47(75)37(55)26-35-28-61-30-66-35/h3-10,13-18,27-28,30-31,37,39-43,45,64H,11-12,19-26,29,55H2,1-2H3,(H2,56,74)(H,61,66)(H,65,76)(H,67,73)(H,68,79)(H,69,75)(H,70,77)(H,71,78)(H,72,80)(H4,57,58,62)(H4,59,60,63)/t37-,39-,40-,41-,42-,43-,45-/m0/s1. The summed E-state index contributed by atoms with van der Waals surface area (Å²) in [5, 5.41) is 19.6. The van der Waals surface area contributed by atoms with Gasteiger partial charge in [0.1, 0.15) is 36.3 Å². The van der Waals surface area contributed by atoms with E-state index >= 15 is 0 Å². The smallest absolute Gasteiger partial charge is 0.243 e. The van der Waals surface area contributed by atoms with Crippen molar-refractivity contribution in [1.82, 2.24) is 52.2 Å². The van der Waals surface area contributed by atoms with Crippen molar-refractivity contribution >= 4 is 70.1 Å². The highest BCUT2D eigenvalue weighted by Gasteiger charge is 2.33. The summed E-state index contributed by atoms with van der Waals surface area (Å²) in [7, 11) is 0. The van der Waals surface area contributed by atoms with E-state index in [-0.39, 0.29) is 82.3 Å². The molecule has 26 nitrogen and oxygen atoms in total. The number of benzene rings is 3. The number of nitrogens with two attached hydrogens (primary N) is 6. The highest BCUT2D eigenvalue weighted by molar-refractivity contribution is 5.97. The van der Waals surface area contributed by atoms with Crippen LogP contribution < -0.4 is 71.6 Å². The minimum Gasteiger partial charge on any atom is -0.370 e. The lowest BCUT2D eigenvalue weighted by molar-refractivity contribution is -0.134. The average Bonchev–Trinajstić information content (AvgIpc) is 4.11. The number of nitrogens with one attached hydrogen (secondary N) is 9. The van der Waals surface area contributed by atoms with E-state index in [0.29, 0.717) is 22.4 Å². The van der Waals surface area contributed by atoms with Gasteiger partial charge in [0.25, 0.3) is 0 Å². The van der Waals surface area contributed by atoms with E-state index in [4.69, 9.17) is 34.4 Å². The van der Waals surface area contributed by atoms with Gasteiger partial charge in [-0.2, -0.15) is 0 Å². The zero-order valence-corrected chi connectivity index (χ0v) is 44.8.